The fourth-order valence-corrected chi connectivity index (χ4v) is 3.39. The quantitative estimate of drug-likeness (QED) is 0.591. The molecule has 2 aromatic carbocycles. The van der Waals surface area contributed by atoms with Crippen molar-refractivity contribution < 1.29 is 9.53 Å². The Kier molecular flexibility index (Phi) is 6.36. The molecule has 1 aromatic heterocycles. The van der Waals surface area contributed by atoms with Gasteiger partial charge in [0.05, 0.1) is 17.5 Å². The number of aromatic nitrogens is 3. The molecule has 0 radical (unpaired) electrons. The summed E-state index contributed by atoms with van der Waals surface area (Å²) in [6.45, 7) is 4.36. The number of anilines is 1. The van der Waals surface area contributed by atoms with Crippen molar-refractivity contribution in [1.29, 1.82) is 0 Å². The second-order valence-corrected chi connectivity index (χ2v) is 7.41. The highest BCUT2D eigenvalue weighted by Gasteiger charge is 2.18. The zero-order valence-corrected chi connectivity index (χ0v) is 16.5. The topological polar surface area (TPSA) is 69.0 Å². The Morgan fingerprint density at radius 3 is 2.78 bits per heavy atom. The molecule has 1 amide bonds. The molecule has 6 nitrogen and oxygen atoms in total. The molecule has 1 atom stereocenters. The Bertz CT molecular complexity index is 914. The minimum absolute atomic E-state index is 0.121. The first-order valence-corrected chi connectivity index (χ1v) is 9.69. The number of thioether (sulfide) groups is 1. The van der Waals surface area contributed by atoms with Crippen molar-refractivity contribution in [2.75, 3.05) is 11.9 Å². The van der Waals surface area contributed by atoms with Gasteiger partial charge >= 0.3 is 0 Å². The lowest BCUT2D eigenvalue weighted by atomic mass is 10.3. The lowest BCUT2D eigenvalue weighted by Gasteiger charge is -2.13. The molecule has 8 heteroatoms. The fraction of sp³-hybridized carbons (Fsp3) is 0.211. The van der Waals surface area contributed by atoms with E-state index in [9.17, 15) is 4.79 Å². The lowest BCUT2D eigenvalue weighted by molar-refractivity contribution is -0.115. The monoisotopic (exact) mass is 402 g/mol. The number of carbonyl (C=O) groups excluding carboxylic acids is 1. The fourth-order valence-electron chi connectivity index (χ4n) is 2.36. The van der Waals surface area contributed by atoms with Gasteiger partial charge in [-0.3, -0.25) is 9.36 Å². The number of hydrogen-bond donors (Lipinski definition) is 1. The number of rotatable bonds is 7. The van der Waals surface area contributed by atoms with Crippen molar-refractivity contribution in [3.63, 3.8) is 0 Å². The van der Waals surface area contributed by atoms with Crippen LogP contribution in [0.25, 0.3) is 5.69 Å². The lowest BCUT2D eigenvalue weighted by Crippen LogP contribution is -2.22. The van der Waals surface area contributed by atoms with Crippen LogP contribution in [0, 0.1) is 0 Å². The molecule has 0 spiro atoms. The molecular weight excluding hydrogens is 384 g/mol. The summed E-state index contributed by atoms with van der Waals surface area (Å²) in [5, 5.41) is 11.9. The van der Waals surface area contributed by atoms with E-state index in [0.29, 0.717) is 22.5 Å². The summed E-state index contributed by atoms with van der Waals surface area (Å²) in [4.78, 5) is 12.5. The third-order valence-corrected chi connectivity index (χ3v) is 4.98. The van der Waals surface area contributed by atoms with Gasteiger partial charge < -0.3 is 10.1 Å². The zero-order chi connectivity index (χ0) is 19.2. The van der Waals surface area contributed by atoms with Gasteiger partial charge in [0, 0.05) is 10.7 Å². The first-order valence-electron chi connectivity index (χ1n) is 8.43. The van der Waals surface area contributed by atoms with Crippen molar-refractivity contribution in [3.05, 3.63) is 59.9 Å². The van der Waals surface area contributed by atoms with Crippen LogP contribution in [-0.2, 0) is 4.79 Å². The summed E-state index contributed by atoms with van der Waals surface area (Å²) in [5.74, 6) is 0.650. The molecule has 27 heavy (non-hydrogen) atoms. The summed E-state index contributed by atoms with van der Waals surface area (Å²) < 4.78 is 7.21. The Morgan fingerprint density at radius 1 is 1.30 bits per heavy atom. The maximum absolute atomic E-state index is 12.5. The van der Waals surface area contributed by atoms with Gasteiger partial charge in [-0.05, 0) is 56.3 Å². The number of halogens is 1. The normalized spacial score (nSPS) is 11.8. The third-order valence-electron chi connectivity index (χ3n) is 3.69. The molecule has 0 fully saturated rings. The smallest absolute Gasteiger partial charge is 0.237 e. The van der Waals surface area contributed by atoms with Crippen LogP contribution >= 0.6 is 23.4 Å². The maximum Gasteiger partial charge on any atom is 0.237 e. The number of ether oxygens (including phenoxy) is 1. The maximum atomic E-state index is 12.5. The molecule has 0 bridgehead atoms. The predicted octanol–water partition coefficient (Wildman–Crippen LogP) is 4.44. The summed E-state index contributed by atoms with van der Waals surface area (Å²) in [6, 6.07) is 14.7. The van der Waals surface area contributed by atoms with Gasteiger partial charge in [-0.1, -0.05) is 29.4 Å². The van der Waals surface area contributed by atoms with Crippen molar-refractivity contribution in [3.8, 4) is 11.4 Å². The Labute approximate surface area is 166 Å². The molecule has 0 aliphatic carbocycles. The number of nitrogens with zero attached hydrogens (tertiary/aromatic N) is 3. The van der Waals surface area contributed by atoms with Crippen LogP contribution in [0.2, 0.25) is 5.02 Å². The first-order chi connectivity index (χ1) is 13.1. The molecule has 1 heterocycles. The molecule has 3 aromatic rings. The van der Waals surface area contributed by atoms with Gasteiger partial charge in [-0.25, -0.2) is 0 Å². The summed E-state index contributed by atoms with van der Waals surface area (Å²) in [7, 11) is 0. The summed E-state index contributed by atoms with van der Waals surface area (Å²) in [5.41, 5.74) is 1.56. The summed E-state index contributed by atoms with van der Waals surface area (Å²) in [6.07, 6.45) is 1.60. The average molecular weight is 403 g/mol. The molecule has 1 N–H and O–H groups in total. The largest absolute Gasteiger partial charge is 0.494 e. The second kappa shape index (κ2) is 8.92. The highest BCUT2D eigenvalue weighted by molar-refractivity contribution is 8.00. The Hall–Kier alpha value is -2.51. The molecule has 0 saturated heterocycles. The molecule has 0 aliphatic rings. The standard InChI is InChI=1S/C19H19ClN4O2S/c1-3-26-17-9-7-15(8-10-17)22-18(25)13(2)27-19-23-21-12-24(19)16-6-4-5-14(20)11-16/h4-13H,3H2,1-2H3,(H,22,25). The minimum atomic E-state index is -0.362. The van der Waals surface area contributed by atoms with Crippen molar-refractivity contribution in [2.24, 2.45) is 0 Å². The van der Waals surface area contributed by atoms with Gasteiger partial charge in [0.2, 0.25) is 5.91 Å². The van der Waals surface area contributed by atoms with Crippen LogP contribution in [0.3, 0.4) is 0 Å². The first kappa shape index (κ1) is 19.3. The van der Waals surface area contributed by atoms with E-state index < -0.39 is 0 Å². The SMILES string of the molecule is CCOc1ccc(NC(=O)C(C)Sc2nncn2-c2cccc(Cl)c2)cc1. The van der Waals surface area contributed by atoms with Crippen LogP contribution in [0.4, 0.5) is 5.69 Å². The second-order valence-electron chi connectivity index (χ2n) is 5.67. The molecule has 140 valence electrons. The van der Waals surface area contributed by atoms with E-state index >= 15 is 0 Å². The molecule has 1 unspecified atom stereocenters. The van der Waals surface area contributed by atoms with Gasteiger partial charge in [-0.2, -0.15) is 0 Å². The van der Waals surface area contributed by atoms with Crippen LogP contribution < -0.4 is 10.1 Å². The highest BCUT2D eigenvalue weighted by Crippen LogP contribution is 2.26. The number of carbonyl (C=O) groups is 1. The van der Waals surface area contributed by atoms with Crippen molar-refractivity contribution in [2.45, 2.75) is 24.3 Å². The summed E-state index contributed by atoms with van der Waals surface area (Å²) >= 11 is 7.38. The molecule has 0 saturated carbocycles. The van der Waals surface area contributed by atoms with E-state index in [1.54, 1.807) is 17.0 Å². The van der Waals surface area contributed by atoms with Crippen LogP contribution in [0.1, 0.15) is 13.8 Å². The van der Waals surface area contributed by atoms with E-state index in [4.69, 9.17) is 16.3 Å². The van der Waals surface area contributed by atoms with E-state index in [-0.39, 0.29) is 11.2 Å². The van der Waals surface area contributed by atoms with Crippen molar-refractivity contribution >= 4 is 35.0 Å². The molecule has 3 rings (SSSR count). The number of nitrogens with one attached hydrogen (secondary N) is 1. The van der Waals surface area contributed by atoms with Gasteiger partial charge in [0.15, 0.2) is 5.16 Å². The van der Waals surface area contributed by atoms with Gasteiger partial charge in [0.25, 0.3) is 0 Å². The van der Waals surface area contributed by atoms with E-state index in [1.165, 1.54) is 11.8 Å². The van der Waals surface area contributed by atoms with E-state index in [2.05, 4.69) is 15.5 Å². The van der Waals surface area contributed by atoms with Crippen LogP contribution in [0.15, 0.2) is 60.0 Å². The Morgan fingerprint density at radius 2 is 2.07 bits per heavy atom. The van der Waals surface area contributed by atoms with Crippen LogP contribution in [-0.4, -0.2) is 32.5 Å². The molecule has 0 aliphatic heterocycles. The van der Waals surface area contributed by atoms with E-state index in [0.717, 1.165) is 11.4 Å². The van der Waals surface area contributed by atoms with Gasteiger partial charge in [0.1, 0.15) is 12.1 Å². The Balaban J connectivity index is 1.66. The average Bonchev–Trinajstić information content (AvgIpc) is 3.11. The number of hydrogen-bond acceptors (Lipinski definition) is 5. The van der Waals surface area contributed by atoms with E-state index in [1.807, 2.05) is 56.3 Å². The molecular formula is C19H19ClN4O2S. The van der Waals surface area contributed by atoms with Crippen molar-refractivity contribution in [1.82, 2.24) is 14.8 Å². The predicted molar refractivity (Wildman–Crippen MR) is 108 cm³/mol. The third kappa shape index (κ3) is 5.02. The number of benzene rings is 2. The van der Waals surface area contributed by atoms with Gasteiger partial charge in [-0.15, -0.1) is 10.2 Å². The zero-order valence-electron chi connectivity index (χ0n) is 14.9. The van der Waals surface area contributed by atoms with Crippen LogP contribution in [0.5, 0.6) is 5.75 Å². The minimum Gasteiger partial charge on any atom is -0.494 e. The highest BCUT2D eigenvalue weighted by atomic mass is 35.5. The number of amides is 1.